The van der Waals surface area contributed by atoms with Crippen LogP contribution in [0.1, 0.15) is 71.9 Å². The largest absolute Gasteiger partial charge is 0.0602 e. The molecule has 0 aliphatic heterocycles. The molecule has 0 aromatic heterocycles. The van der Waals surface area contributed by atoms with Gasteiger partial charge in [-0.15, -0.1) is 0 Å². The van der Waals surface area contributed by atoms with Crippen LogP contribution in [0.5, 0.6) is 0 Å². The van der Waals surface area contributed by atoms with E-state index < -0.39 is 0 Å². The van der Waals surface area contributed by atoms with Gasteiger partial charge in [0.2, 0.25) is 0 Å². The first-order valence-electron chi connectivity index (χ1n) is 7.74. The second-order valence-electron chi connectivity index (χ2n) is 8.32. The number of benzene rings is 1. The third-order valence-corrected chi connectivity index (χ3v) is 3.40. The summed E-state index contributed by atoms with van der Waals surface area (Å²) in [6, 6.07) is 9.25. The van der Waals surface area contributed by atoms with Crippen molar-refractivity contribution in [2.75, 3.05) is 0 Å². The van der Waals surface area contributed by atoms with Crippen LogP contribution in [0.15, 0.2) is 24.3 Å². The average molecular weight is 260 g/mol. The van der Waals surface area contributed by atoms with Crippen LogP contribution in [0.2, 0.25) is 0 Å². The summed E-state index contributed by atoms with van der Waals surface area (Å²) < 4.78 is 0. The molecule has 0 heterocycles. The third kappa shape index (κ3) is 8.08. The van der Waals surface area contributed by atoms with Crippen LogP contribution < -0.4 is 0 Å². The van der Waals surface area contributed by atoms with E-state index in [9.17, 15) is 0 Å². The number of rotatable bonds is 5. The van der Waals surface area contributed by atoms with Crippen molar-refractivity contribution in [1.29, 1.82) is 0 Å². The molecule has 0 fully saturated rings. The lowest BCUT2D eigenvalue weighted by molar-refractivity contribution is 0.360. The first kappa shape index (κ1) is 16.3. The Morgan fingerprint density at radius 1 is 0.684 bits per heavy atom. The lowest BCUT2D eigenvalue weighted by Crippen LogP contribution is -2.09. The van der Waals surface area contributed by atoms with Crippen LogP contribution >= 0.6 is 0 Å². The topological polar surface area (TPSA) is 0 Å². The molecule has 0 aliphatic carbocycles. The van der Waals surface area contributed by atoms with Crippen molar-refractivity contribution in [3.05, 3.63) is 35.4 Å². The normalized spacial score (nSPS) is 12.7. The van der Waals surface area contributed by atoms with Crippen molar-refractivity contribution >= 4 is 0 Å². The van der Waals surface area contributed by atoms with Gasteiger partial charge in [0, 0.05) is 0 Å². The summed E-state index contributed by atoms with van der Waals surface area (Å²) in [6.07, 6.45) is 6.38. The number of unbranched alkanes of at least 4 members (excludes halogenated alkanes) is 1. The molecule has 19 heavy (non-hydrogen) atoms. The fraction of sp³-hybridized carbons (Fsp3) is 0.684. The predicted molar refractivity (Wildman–Crippen MR) is 86.6 cm³/mol. The molecule has 0 N–H and O–H groups in total. The minimum Gasteiger partial charge on any atom is -0.0602 e. The summed E-state index contributed by atoms with van der Waals surface area (Å²) in [6.45, 7) is 13.9. The molecule has 0 saturated carbocycles. The molecule has 0 unspecified atom stereocenters. The fourth-order valence-electron chi connectivity index (χ4n) is 2.42. The molecule has 1 aromatic rings. The van der Waals surface area contributed by atoms with Crippen LogP contribution in [0, 0.1) is 10.8 Å². The van der Waals surface area contributed by atoms with E-state index in [4.69, 9.17) is 0 Å². The Morgan fingerprint density at radius 3 is 1.68 bits per heavy atom. The molecule has 1 aromatic carbocycles. The number of hydrogen-bond acceptors (Lipinski definition) is 0. The lowest BCUT2D eigenvalue weighted by atomic mass is 9.87. The Hall–Kier alpha value is -0.780. The smallest absolute Gasteiger partial charge is 0.0230 e. The zero-order chi connectivity index (χ0) is 14.5. The molecular formula is C19H32. The molecule has 0 heteroatoms. The van der Waals surface area contributed by atoms with Crippen molar-refractivity contribution in [2.45, 2.75) is 73.6 Å². The summed E-state index contributed by atoms with van der Waals surface area (Å²) in [7, 11) is 0. The summed E-state index contributed by atoms with van der Waals surface area (Å²) >= 11 is 0. The van der Waals surface area contributed by atoms with Gasteiger partial charge in [-0.3, -0.25) is 0 Å². The first-order chi connectivity index (χ1) is 8.66. The standard InChI is InChI=1S/C19H32/c1-18(2,3)14-8-7-9-16-10-12-17(13-11-16)15-19(4,5)6/h10-13H,7-9,14-15H2,1-6H3. The maximum Gasteiger partial charge on any atom is -0.0230 e. The van der Waals surface area contributed by atoms with E-state index in [1.807, 2.05) is 0 Å². The Morgan fingerprint density at radius 2 is 1.21 bits per heavy atom. The third-order valence-electron chi connectivity index (χ3n) is 3.40. The van der Waals surface area contributed by atoms with Gasteiger partial charge < -0.3 is 0 Å². The van der Waals surface area contributed by atoms with E-state index in [1.165, 1.54) is 36.8 Å². The highest BCUT2D eigenvalue weighted by atomic mass is 14.2. The molecule has 0 nitrogen and oxygen atoms in total. The van der Waals surface area contributed by atoms with E-state index in [0.29, 0.717) is 10.8 Å². The molecular weight excluding hydrogens is 228 g/mol. The van der Waals surface area contributed by atoms with E-state index >= 15 is 0 Å². The Bertz CT molecular complexity index is 357. The van der Waals surface area contributed by atoms with Gasteiger partial charge in [0.25, 0.3) is 0 Å². The van der Waals surface area contributed by atoms with Crippen molar-refractivity contribution in [1.82, 2.24) is 0 Å². The molecule has 0 amide bonds. The quantitative estimate of drug-likeness (QED) is 0.567. The highest BCUT2D eigenvalue weighted by Gasteiger charge is 2.11. The number of aryl methyl sites for hydroxylation is 1. The minimum atomic E-state index is 0.383. The molecule has 0 saturated heterocycles. The molecule has 1 rings (SSSR count). The minimum absolute atomic E-state index is 0.383. The van der Waals surface area contributed by atoms with Gasteiger partial charge in [-0.05, 0) is 47.6 Å². The highest BCUT2D eigenvalue weighted by molar-refractivity contribution is 5.23. The SMILES string of the molecule is CC(C)(C)CCCCc1ccc(CC(C)(C)C)cc1. The van der Waals surface area contributed by atoms with Gasteiger partial charge in [-0.2, -0.15) is 0 Å². The molecule has 0 atom stereocenters. The van der Waals surface area contributed by atoms with Crippen LogP contribution in [0.25, 0.3) is 0 Å². The zero-order valence-corrected chi connectivity index (χ0v) is 13.8. The average Bonchev–Trinajstić information content (AvgIpc) is 2.23. The van der Waals surface area contributed by atoms with Crippen molar-refractivity contribution in [3.63, 3.8) is 0 Å². The second-order valence-corrected chi connectivity index (χ2v) is 8.32. The second kappa shape index (κ2) is 6.59. The monoisotopic (exact) mass is 260 g/mol. The van der Waals surface area contributed by atoms with Gasteiger partial charge >= 0.3 is 0 Å². The maximum absolute atomic E-state index is 2.33. The van der Waals surface area contributed by atoms with Gasteiger partial charge in [0.1, 0.15) is 0 Å². The van der Waals surface area contributed by atoms with E-state index in [0.717, 1.165) is 6.42 Å². The van der Waals surface area contributed by atoms with Crippen LogP contribution in [0.3, 0.4) is 0 Å². The Balaban J connectivity index is 2.36. The lowest BCUT2D eigenvalue weighted by Gasteiger charge is -2.18. The van der Waals surface area contributed by atoms with Crippen LogP contribution in [0.4, 0.5) is 0 Å². The van der Waals surface area contributed by atoms with Crippen LogP contribution in [-0.2, 0) is 12.8 Å². The highest BCUT2D eigenvalue weighted by Crippen LogP contribution is 2.23. The van der Waals surface area contributed by atoms with Gasteiger partial charge in [-0.25, -0.2) is 0 Å². The Kier molecular flexibility index (Phi) is 5.64. The van der Waals surface area contributed by atoms with Crippen molar-refractivity contribution < 1.29 is 0 Å². The summed E-state index contributed by atoms with van der Waals surface area (Å²) in [5, 5.41) is 0. The van der Waals surface area contributed by atoms with E-state index in [-0.39, 0.29) is 0 Å². The van der Waals surface area contributed by atoms with Crippen molar-refractivity contribution in [2.24, 2.45) is 10.8 Å². The van der Waals surface area contributed by atoms with E-state index in [2.05, 4.69) is 65.8 Å². The maximum atomic E-state index is 2.33. The summed E-state index contributed by atoms with van der Waals surface area (Å²) in [5.41, 5.74) is 3.82. The van der Waals surface area contributed by atoms with Crippen molar-refractivity contribution in [3.8, 4) is 0 Å². The zero-order valence-electron chi connectivity index (χ0n) is 13.8. The summed E-state index contributed by atoms with van der Waals surface area (Å²) in [4.78, 5) is 0. The first-order valence-corrected chi connectivity index (χ1v) is 7.74. The van der Waals surface area contributed by atoms with Gasteiger partial charge in [0.15, 0.2) is 0 Å². The van der Waals surface area contributed by atoms with Gasteiger partial charge in [-0.1, -0.05) is 72.2 Å². The molecule has 0 aliphatic rings. The fourth-order valence-corrected chi connectivity index (χ4v) is 2.42. The number of hydrogen-bond donors (Lipinski definition) is 0. The van der Waals surface area contributed by atoms with Crippen LogP contribution in [-0.4, -0.2) is 0 Å². The molecule has 0 radical (unpaired) electrons. The van der Waals surface area contributed by atoms with Gasteiger partial charge in [0.05, 0.1) is 0 Å². The molecule has 108 valence electrons. The predicted octanol–water partition coefficient (Wildman–Crippen LogP) is 6.03. The molecule has 0 bridgehead atoms. The van der Waals surface area contributed by atoms with E-state index in [1.54, 1.807) is 0 Å². The Labute approximate surface area is 120 Å². The summed E-state index contributed by atoms with van der Waals surface area (Å²) in [5.74, 6) is 0. The molecule has 0 spiro atoms.